The average molecular weight is 248 g/mol. The first-order valence-electron chi connectivity index (χ1n) is 4.09. The van der Waals surface area contributed by atoms with E-state index in [-0.39, 0.29) is 6.10 Å². The lowest BCUT2D eigenvalue weighted by molar-refractivity contribution is 0.0148. The van der Waals surface area contributed by atoms with Crippen LogP contribution in [0, 0.1) is 0 Å². The van der Waals surface area contributed by atoms with Crippen molar-refractivity contribution in [2.45, 2.75) is 25.4 Å². The third-order valence-electron chi connectivity index (χ3n) is 1.95. The first kappa shape index (κ1) is 8.66. The second-order valence-electron chi connectivity index (χ2n) is 2.86. The number of hydrogen-bond acceptors (Lipinski definition) is 3. The van der Waals surface area contributed by atoms with E-state index < -0.39 is 0 Å². The SMILES string of the molecule is Brc1cnc(C2CCCCO2)s1. The van der Waals surface area contributed by atoms with Crippen molar-refractivity contribution >= 4 is 27.3 Å². The highest BCUT2D eigenvalue weighted by Crippen LogP contribution is 2.32. The van der Waals surface area contributed by atoms with E-state index in [1.165, 1.54) is 12.8 Å². The van der Waals surface area contributed by atoms with Crippen LogP contribution in [0.2, 0.25) is 0 Å². The predicted octanol–water partition coefficient (Wildman–Crippen LogP) is 3.15. The first-order valence-corrected chi connectivity index (χ1v) is 5.70. The Morgan fingerprint density at radius 3 is 3.08 bits per heavy atom. The summed E-state index contributed by atoms with van der Waals surface area (Å²) in [6, 6.07) is 0. The Labute approximate surface area is 84.1 Å². The third-order valence-corrected chi connectivity index (χ3v) is 3.52. The fourth-order valence-electron chi connectivity index (χ4n) is 1.35. The van der Waals surface area contributed by atoms with Gasteiger partial charge in [0.1, 0.15) is 11.1 Å². The molecule has 1 saturated heterocycles. The fourth-order valence-corrected chi connectivity index (χ4v) is 2.68. The quantitative estimate of drug-likeness (QED) is 0.761. The van der Waals surface area contributed by atoms with Gasteiger partial charge < -0.3 is 4.74 Å². The van der Waals surface area contributed by atoms with Gasteiger partial charge in [-0.05, 0) is 35.2 Å². The topological polar surface area (TPSA) is 22.1 Å². The van der Waals surface area contributed by atoms with Crippen LogP contribution in [0.4, 0.5) is 0 Å². The molecule has 1 aliphatic heterocycles. The summed E-state index contributed by atoms with van der Waals surface area (Å²) < 4.78 is 6.69. The van der Waals surface area contributed by atoms with Crippen LogP contribution in [0.3, 0.4) is 0 Å². The van der Waals surface area contributed by atoms with Crippen molar-refractivity contribution in [3.8, 4) is 0 Å². The highest BCUT2D eigenvalue weighted by Gasteiger charge is 2.18. The van der Waals surface area contributed by atoms with Gasteiger partial charge in [-0.1, -0.05) is 0 Å². The molecule has 0 radical (unpaired) electrons. The minimum atomic E-state index is 0.259. The maximum atomic E-state index is 5.60. The van der Waals surface area contributed by atoms with Crippen LogP contribution in [0.15, 0.2) is 9.98 Å². The van der Waals surface area contributed by atoms with Crippen LogP contribution in [-0.2, 0) is 4.74 Å². The molecule has 0 aromatic carbocycles. The molecule has 4 heteroatoms. The third kappa shape index (κ3) is 1.87. The first-order chi connectivity index (χ1) is 5.86. The van der Waals surface area contributed by atoms with Gasteiger partial charge in [0.2, 0.25) is 0 Å². The zero-order valence-corrected chi connectivity index (χ0v) is 9.03. The molecular weight excluding hydrogens is 238 g/mol. The molecule has 0 saturated carbocycles. The van der Waals surface area contributed by atoms with Crippen LogP contribution in [0.5, 0.6) is 0 Å². The monoisotopic (exact) mass is 247 g/mol. The minimum absolute atomic E-state index is 0.259. The maximum Gasteiger partial charge on any atom is 0.123 e. The molecule has 1 fully saturated rings. The molecule has 0 amide bonds. The van der Waals surface area contributed by atoms with E-state index in [9.17, 15) is 0 Å². The van der Waals surface area contributed by atoms with Crippen LogP contribution in [0.1, 0.15) is 30.4 Å². The lowest BCUT2D eigenvalue weighted by Crippen LogP contribution is -2.10. The lowest BCUT2D eigenvalue weighted by atomic mass is 10.1. The lowest BCUT2D eigenvalue weighted by Gasteiger charge is -2.20. The summed E-state index contributed by atoms with van der Waals surface area (Å²) in [5, 5.41) is 1.11. The molecule has 1 aromatic rings. The van der Waals surface area contributed by atoms with E-state index in [1.807, 2.05) is 6.20 Å². The molecule has 2 nitrogen and oxygen atoms in total. The molecule has 12 heavy (non-hydrogen) atoms. The van der Waals surface area contributed by atoms with E-state index in [0.717, 1.165) is 21.8 Å². The Morgan fingerprint density at radius 1 is 1.58 bits per heavy atom. The Morgan fingerprint density at radius 2 is 2.50 bits per heavy atom. The number of aromatic nitrogens is 1. The van der Waals surface area contributed by atoms with E-state index in [0.29, 0.717) is 0 Å². The summed E-state index contributed by atoms with van der Waals surface area (Å²) in [5.74, 6) is 0. The summed E-state index contributed by atoms with van der Waals surface area (Å²) in [5.41, 5.74) is 0. The van der Waals surface area contributed by atoms with Crippen molar-refractivity contribution in [1.29, 1.82) is 0 Å². The van der Waals surface area contributed by atoms with Crippen LogP contribution >= 0.6 is 27.3 Å². The van der Waals surface area contributed by atoms with Crippen LogP contribution in [0.25, 0.3) is 0 Å². The molecule has 0 aliphatic carbocycles. The molecule has 1 atom stereocenters. The molecule has 0 N–H and O–H groups in total. The van der Waals surface area contributed by atoms with Crippen molar-refractivity contribution in [3.05, 3.63) is 15.0 Å². The standard InChI is InChI=1S/C8H10BrNOS/c9-7-5-10-8(12-7)6-3-1-2-4-11-6/h5-6H,1-4H2. The van der Waals surface area contributed by atoms with Gasteiger partial charge in [-0.15, -0.1) is 11.3 Å². The molecule has 1 aliphatic rings. The van der Waals surface area contributed by atoms with Crippen molar-refractivity contribution in [2.24, 2.45) is 0 Å². The van der Waals surface area contributed by atoms with Gasteiger partial charge in [0.05, 0.1) is 9.98 Å². The van der Waals surface area contributed by atoms with Gasteiger partial charge in [-0.2, -0.15) is 0 Å². The van der Waals surface area contributed by atoms with Crippen molar-refractivity contribution < 1.29 is 4.74 Å². The van der Waals surface area contributed by atoms with Crippen LogP contribution in [-0.4, -0.2) is 11.6 Å². The molecule has 2 heterocycles. The van der Waals surface area contributed by atoms with E-state index in [1.54, 1.807) is 11.3 Å². The summed E-state index contributed by atoms with van der Waals surface area (Å²) in [6.45, 7) is 0.891. The number of thiazole rings is 1. The minimum Gasteiger partial charge on any atom is -0.371 e. The molecule has 2 rings (SSSR count). The van der Waals surface area contributed by atoms with Crippen molar-refractivity contribution in [2.75, 3.05) is 6.61 Å². The second kappa shape index (κ2) is 3.85. The smallest absolute Gasteiger partial charge is 0.123 e. The van der Waals surface area contributed by atoms with Gasteiger partial charge in [0.15, 0.2) is 0 Å². The molecule has 66 valence electrons. The normalized spacial score (nSPS) is 24.2. The molecular formula is C8H10BrNOS. The zero-order chi connectivity index (χ0) is 8.39. The average Bonchev–Trinajstić information content (AvgIpc) is 2.54. The van der Waals surface area contributed by atoms with Crippen LogP contribution < -0.4 is 0 Å². The largest absolute Gasteiger partial charge is 0.371 e. The Balaban J connectivity index is 2.08. The maximum absolute atomic E-state index is 5.60. The molecule has 1 aromatic heterocycles. The summed E-state index contributed by atoms with van der Waals surface area (Å²) in [7, 11) is 0. The fraction of sp³-hybridized carbons (Fsp3) is 0.625. The van der Waals surface area contributed by atoms with Gasteiger partial charge in [0, 0.05) is 6.61 Å². The van der Waals surface area contributed by atoms with E-state index in [4.69, 9.17) is 4.74 Å². The summed E-state index contributed by atoms with van der Waals surface area (Å²) >= 11 is 5.07. The number of hydrogen-bond donors (Lipinski definition) is 0. The Bertz CT molecular complexity index is 257. The van der Waals surface area contributed by atoms with Crippen molar-refractivity contribution in [1.82, 2.24) is 4.98 Å². The number of ether oxygens (including phenoxy) is 1. The van der Waals surface area contributed by atoms with Gasteiger partial charge in [-0.3, -0.25) is 0 Å². The Hall–Kier alpha value is 0.0700. The van der Waals surface area contributed by atoms with E-state index >= 15 is 0 Å². The number of halogens is 1. The molecule has 1 unspecified atom stereocenters. The highest BCUT2D eigenvalue weighted by atomic mass is 79.9. The van der Waals surface area contributed by atoms with E-state index in [2.05, 4.69) is 20.9 Å². The number of rotatable bonds is 1. The van der Waals surface area contributed by atoms with Crippen molar-refractivity contribution in [3.63, 3.8) is 0 Å². The highest BCUT2D eigenvalue weighted by molar-refractivity contribution is 9.11. The van der Waals surface area contributed by atoms with Gasteiger partial charge in [-0.25, -0.2) is 4.98 Å². The number of nitrogens with zero attached hydrogens (tertiary/aromatic N) is 1. The Kier molecular flexibility index (Phi) is 2.78. The van der Waals surface area contributed by atoms with Gasteiger partial charge >= 0.3 is 0 Å². The van der Waals surface area contributed by atoms with Gasteiger partial charge in [0.25, 0.3) is 0 Å². The summed E-state index contributed by atoms with van der Waals surface area (Å²) in [6.07, 6.45) is 5.69. The second-order valence-corrected chi connectivity index (χ2v) is 5.30. The summed E-state index contributed by atoms with van der Waals surface area (Å²) in [4.78, 5) is 4.29. The molecule has 0 bridgehead atoms. The predicted molar refractivity (Wildman–Crippen MR) is 52.4 cm³/mol. The molecule has 0 spiro atoms. The zero-order valence-electron chi connectivity index (χ0n) is 6.62.